The van der Waals surface area contributed by atoms with Crippen LogP contribution in [-0.2, 0) is 22.7 Å². The Labute approximate surface area is 334 Å². The molecule has 0 aliphatic rings. The zero-order valence-corrected chi connectivity index (χ0v) is 30.1. The van der Waals surface area contributed by atoms with Crippen LogP contribution in [0.1, 0.15) is 65.2 Å². The summed E-state index contributed by atoms with van der Waals surface area (Å²) < 4.78 is 147. The summed E-state index contributed by atoms with van der Waals surface area (Å²) >= 11 is 0. The molecule has 6 rings (SSSR count). The second-order valence-electron chi connectivity index (χ2n) is 12.2. The van der Waals surface area contributed by atoms with Gasteiger partial charge in [-0.25, -0.2) is 53.5 Å². The van der Waals surface area contributed by atoms with Crippen LogP contribution in [0.15, 0.2) is 97.1 Å². The third-order valence-corrected chi connectivity index (χ3v) is 8.39. The van der Waals surface area contributed by atoms with Gasteiger partial charge < -0.3 is 9.47 Å². The Morgan fingerprint density at radius 1 is 0.350 bits per heavy atom. The molecule has 4 nitrogen and oxygen atoms in total. The molecule has 0 aliphatic carbocycles. The van der Waals surface area contributed by atoms with Crippen LogP contribution in [0.4, 0.5) is 43.9 Å². The number of carbonyl (C=O) groups is 2. The second kappa shape index (κ2) is 18.2. The van der Waals surface area contributed by atoms with E-state index in [1.807, 2.05) is 0 Å². The quantitative estimate of drug-likeness (QED) is 0.0552. The topological polar surface area (TPSA) is 52.6 Å². The third kappa shape index (κ3) is 9.17. The normalized spacial score (nSPS) is 10.4. The number of esters is 2. The Morgan fingerprint density at radius 2 is 0.600 bits per heavy atom. The summed E-state index contributed by atoms with van der Waals surface area (Å²) in [6, 6.07) is 25.0. The highest BCUT2D eigenvalue weighted by Gasteiger charge is 2.28. The van der Waals surface area contributed by atoms with E-state index in [2.05, 4.69) is 35.5 Å². The summed E-state index contributed by atoms with van der Waals surface area (Å²) in [5.41, 5.74) is -0.245. The first-order valence-electron chi connectivity index (χ1n) is 17.0. The number of halogens is 10. The number of ether oxygens (including phenoxy) is 2. The van der Waals surface area contributed by atoms with Gasteiger partial charge in [-0.3, -0.25) is 0 Å². The van der Waals surface area contributed by atoms with Gasteiger partial charge in [0, 0.05) is 33.4 Å². The molecule has 0 unspecified atom stereocenters. The standard InChI is InChI=1S/C46H20F10O4/c47-35-33(36(48)40(52)43(55)39(35)51)23-59-45(57)31-7-3-1-5-29(31)21-19-27-15-11-25(12-16-27)9-10-26-13-17-28(18-14-26)20-22-30-6-2-4-8-32(30)46(58)60-24-34-37(49)41(53)44(56)42(54)38(34)50/h1-8,11-18H,23-24H2. The summed E-state index contributed by atoms with van der Waals surface area (Å²) in [6.45, 7) is -2.45. The second-order valence-corrected chi connectivity index (χ2v) is 12.2. The van der Waals surface area contributed by atoms with E-state index >= 15 is 0 Å². The highest BCUT2D eigenvalue weighted by Crippen LogP contribution is 2.26. The van der Waals surface area contributed by atoms with E-state index in [9.17, 15) is 53.5 Å². The lowest BCUT2D eigenvalue weighted by Crippen LogP contribution is -2.12. The molecule has 0 aliphatic heterocycles. The summed E-state index contributed by atoms with van der Waals surface area (Å²) in [7, 11) is 0. The molecular formula is C46H20F10O4. The first kappa shape index (κ1) is 41.9. The highest BCUT2D eigenvalue weighted by atomic mass is 19.2. The van der Waals surface area contributed by atoms with Crippen molar-refractivity contribution in [2.75, 3.05) is 0 Å². The van der Waals surface area contributed by atoms with Crippen LogP contribution < -0.4 is 0 Å². The summed E-state index contributed by atoms with van der Waals surface area (Å²) in [4.78, 5) is 25.4. The van der Waals surface area contributed by atoms with E-state index in [1.165, 1.54) is 36.4 Å². The van der Waals surface area contributed by atoms with Crippen molar-refractivity contribution >= 4 is 11.9 Å². The molecule has 0 N–H and O–H groups in total. The van der Waals surface area contributed by atoms with E-state index in [1.54, 1.807) is 60.7 Å². The Bertz CT molecular complexity index is 2620. The average molecular weight is 827 g/mol. The maximum Gasteiger partial charge on any atom is 0.339 e. The van der Waals surface area contributed by atoms with Gasteiger partial charge >= 0.3 is 11.9 Å². The maximum absolute atomic E-state index is 14.0. The van der Waals surface area contributed by atoms with Crippen molar-refractivity contribution in [3.05, 3.63) is 211 Å². The minimum atomic E-state index is -2.34. The molecule has 0 spiro atoms. The van der Waals surface area contributed by atoms with Crippen molar-refractivity contribution in [3.63, 3.8) is 0 Å². The van der Waals surface area contributed by atoms with Crippen LogP contribution >= 0.6 is 0 Å². The van der Waals surface area contributed by atoms with Crippen LogP contribution in [0.2, 0.25) is 0 Å². The van der Waals surface area contributed by atoms with Gasteiger partial charge in [0.15, 0.2) is 46.5 Å². The summed E-state index contributed by atoms with van der Waals surface area (Å²) in [6.07, 6.45) is 0. The van der Waals surface area contributed by atoms with Crippen molar-refractivity contribution in [3.8, 4) is 35.5 Å². The largest absolute Gasteiger partial charge is 0.457 e. The lowest BCUT2D eigenvalue weighted by Gasteiger charge is -2.10. The molecule has 14 heteroatoms. The minimum absolute atomic E-state index is 0.116. The zero-order chi connectivity index (χ0) is 43.1. The SMILES string of the molecule is O=C(OCc1c(F)c(F)c(F)c(F)c1F)c1ccccc1C#Cc1ccc(C#Cc2ccc(C#Cc3ccccc3C(=O)OCc3c(F)c(F)c(F)c(F)c3F)cc2)cc1. The third-order valence-electron chi connectivity index (χ3n) is 8.39. The Morgan fingerprint density at radius 3 is 0.900 bits per heavy atom. The average Bonchev–Trinajstić information content (AvgIpc) is 3.27. The molecule has 0 amide bonds. The minimum Gasteiger partial charge on any atom is -0.457 e. The van der Waals surface area contributed by atoms with Crippen molar-refractivity contribution in [2.24, 2.45) is 0 Å². The molecule has 0 fully saturated rings. The van der Waals surface area contributed by atoms with Crippen LogP contribution in [0, 0.1) is 93.7 Å². The molecule has 6 aromatic carbocycles. The molecule has 0 aromatic heterocycles. The summed E-state index contributed by atoms with van der Waals surface area (Å²) in [5.74, 6) is -6.72. The van der Waals surface area contributed by atoms with Crippen molar-refractivity contribution in [1.82, 2.24) is 0 Å². The molecule has 6 aromatic rings. The van der Waals surface area contributed by atoms with Crippen molar-refractivity contribution in [2.45, 2.75) is 13.2 Å². The van der Waals surface area contributed by atoms with Crippen LogP contribution in [0.25, 0.3) is 0 Å². The Balaban J connectivity index is 1.08. The Hall–Kier alpha value is -7.76. The number of hydrogen-bond donors (Lipinski definition) is 0. The fraction of sp³-hybridized carbons (Fsp3) is 0.0435. The number of rotatable bonds is 6. The van der Waals surface area contributed by atoms with E-state index in [-0.39, 0.29) is 22.3 Å². The molecule has 0 saturated carbocycles. The number of benzene rings is 6. The smallest absolute Gasteiger partial charge is 0.339 e. The fourth-order valence-electron chi connectivity index (χ4n) is 5.22. The van der Waals surface area contributed by atoms with E-state index in [0.717, 1.165) is 0 Å². The molecule has 0 heterocycles. The first-order valence-corrected chi connectivity index (χ1v) is 17.0. The van der Waals surface area contributed by atoms with Crippen molar-refractivity contribution < 1.29 is 63.0 Å². The van der Waals surface area contributed by atoms with E-state index in [0.29, 0.717) is 22.3 Å². The van der Waals surface area contributed by atoms with Gasteiger partial charge in [0.05, 0.1) is 22.3 Å². The molecular weight excluding hydrogens is 806 g/mol. The van der Waals surface area contributed by atoms with Gasteiger partial charge in [-0.05, 0) is 72.8 Å². The van der Waals surface area contributed by atoms with Crippen LogP contribution in [0.3, 0.4) is 0 Å². The van der Waals surface area contributed by atoms with Gasteiger partial charge in [-0.1, -0.05) is 59.8 Å². The van der Waals surface area contributed by atoms with E-state index in [4.69, 9.17) is 9.47 Å². The van der Waals surface area contributed by atoms with Gasteiger partial charge in [0.25, 0.3) is 0 Å². The van der Waals surface area contributed by atoms with Gasteiger partial charge in [-0.2, -0.15) is 0 Å². The summed E-state index contributed by atoms with van der Waals surface area (Å²) in [5, 5.41) is 0. The van der Waals surface area contributed by atoms with Crippen molar-refractivity contribution in [1.29, 1.82) is 0 Å². The van der Waals surface area contributed by atoms with Gasteiger partial charge in [0.1, 0.15) is 13.2 Å². The maximum atomic E-state index is 14.0. The molecule has 60 heavy (non-hydrogen) atoms. The lowest BCUT2D eigenvalue weighted by atomic mass is 10.1. The monoisotopic (exact) mass is 826 g/mol. The molecule has 0 saturated heterocycles. The highest BCUT2D eigenvalue weighted by molar-refractivity contribution is 5.93. The van der Waals surface area contributed by atoms with E-state index < -0.39 is 94.5 Å². The lowest BCUT2D eigenvalue weighted by molar-refractivity contribution is 0.0452. The molecule has 298 valence electrons. The first-order chi connectivity index (χ1) is 28.7. The predicted molar refractivity (Wildman–Crippen MR) is 194 cm³/mol. The fourth-order valence-corrected chi connectivity index (χ4v) is 5.22. The molecule has 0 bridgehead atoms. The molecule has 0 atom stereocenters. The predicted octanol–water partition coefficient (Wildman–Crippen LogP) is 9.99. The number of carbonyl (C=O) groups excluding carboxylic acids is 2. The van der Waals surface area contributed by atoms with Gasteiger partial charge in [0.2, 0.25) is 11.6 Å². The molecule has 0 radical (unpaired) electrons. The Kier molecular flexibility index (Phi) is 12.7. The number of hydrogen-bond acceptors (Lipinski definition) is 4. The van der Waals surface area contributed by atoms with Gasteiger partial charge in [-0.15, -0.1) is 0 Å². The zero-order valence-electron chi connectivity index (χ0n) is 30.1. The van der Waals surface area contributed by atoms with Crippen LogP contribution in [0.5, 0.6) is 0 Å². The van der Waals surface area contributed by atoms with Crippen LogP contribution in [-0.4, -0.2) is 11.9 Å².